The number of para-hydroxylation sites is 1. The third kappa shape index (κ3) is 2.85. The molecule has 2 nitrogen and oxygen atoms in total. The number of rotatable bonds is 3. The summed E-state index contributed by atoms with van der Waals surface area (Å²) in [6.45, 7) is 4.35. The second-order valence-corrected chi connectivity index (χ2v) is 6.92. The molecule has 2 atom stereocenters. The smallest absolute Gasteiger partial charge is 0.0457 e. The maximum Gasteiger partial charge on any atom is 0.0457 e. The van der Waals surface area contributed by atoms with E-state index in [4.69, 9.17) is 5.73 Å². The summed E-state index contributed by atoms with van der Waals surface area (Å²) in [5.41, 5.74) is 11.4. The summed E-state index contributed by atoms with van der Waals surface area (Å²) in [6.07, 6.45) is 1.99. The van der Waals surface area contributed by atoms with E-state index in [0.29, 0.717) is 6.04 Å². The Hall–Kier alpha value is -1.32. The van der Waals surface area contributed by atoms with Gasteiger partial charge in [-0.05, 0) is 56.0 Å². The van der Waals surface area contributed by atoms with Crippen LogP contribution in [0.5, 0.6) is 0 Å². The SMILES string of the molecule is CC(N)Cc1ccc(Br)cc1N1c2ccccc2CC1C. The van der Waals surface area contributed by atoms with Crippen molar-refractivity contribution in [3.05, 3.63) is 58.1 Å². The van der Waals surface area contributed by atoms with E-state index in [0.717, 1.165) is 17.3 Å². The molecular weight excluding hydrogens is 324 g/mol. The number of anilines is 2. The molecule has 0 saturated carbocycles. The quantitative estimate of drug-likeness (QED) is 0.892. The van der Waals surface area contributed by atoms with E-state index in [9.17, 15) is 0 Å². The molecule has 1 aliphatic heterocycles. The molecule has 2 unspecified atom stereocenters. The van der Waals surface area contributed by atoms with Gasteiger partial charge in [-0.15, -0.1) is 0 Å². The minimum absolute atomic E-state index is 0.165. The second kappa shape index (κ2) is 5.82. The van der Waals surface area contributed by atoms with E-state index in [-0.39, 0.29) is 6.04 Å². The zero-order chi connectivity index (χ0) is 15.0. The van der Waals surface area contributed by atoms with Crippen LogP contribution in [0, 0.1) is 0 Å². The van der Waals surface area contributed by atoms with Gasteiger partial charge in [-0.25, -0.2) is 0 Å². The number of nitrogens with two attached hydrogens (primary N) is 1. The van der Waals surface area contributed by atoms with Crippen LogP contribution in [0.2, 0.25) is 0 Å². The minimum atomic E-state index is 0.165. The van der Waals surface area contributed by atoms with E-state index in [2.05, 4.69) is 77.1 Å². The molecule has 1 aliphatic rings. The average molecular weight is 345 g/mol. The fourth-order valence-electron chi connectivity index (χ4n) is 3.21. The van der Waals surface area contributed by atoms with Crippen LogP contribution in [0.25, 0.3) is 0 Å². The Morgan fingerprint density at radius 1 is 1.24 bits per heavy atom. The lowest BCUT2D eigenvalue weighted by molar-refractivity contribution is 0.722. The van der Waals surface area contributed by atoms with Gasteiger partial charge in [0.1, 0.15) is 0 Å². The van der Waals surface area contributed by atoms with Crippen LogP contribution < -0.4 is 10.6 Å². The Labute approximate surface area is 135 Å². The van der Waals surface area contributed by atoms with Crippen LogP contribution in [-0.4, -0.2) is 12.1 Å². The van der Waals surface area contributed by atoms with Crippen molar-refractivity contribution in [2.75, 3.05) is 4.90 Å². The lowest BCUT2D eigenvalue weighted by atomic mass is 10.0. The molecule has 2 N–H and O–H groups in total. The Kier molecular flexibility index (Phi) is 4.05. The number of benzene rings is 2. The Bertz CT molecular complexity index is 651. The predicted molar refractivity (Wildman–Crippen MR) is 93.2 cm³/mol. The number of fused-ring (bicyclic) bond motifs is 1. The fourth-order valence-corrected chi connectivity index (χ4v) is 3.56. The molecule has 3 rings (SSSR count). The third-order valence-corrected chi connectivity index (χ3v) is 4.55. The molecule has 0 amide bonds. The molecule has 0 aliphatic carbocycles. The van der Waals surface area contributed by atoms with Crippen molar-refractivity contribution in [1.82, 2.24) is 0 Å². The predicted octanol–water partition coefficient (Wildman–Crippen LogP) is 4.42. The first-order valence-corrected chi connectivity index (χ1v) is 8.26. The van der Waals surface area contributed by atoms with Crippen molar-refractivity contribution in [2.45, 2.75) is 38.8 Å². The molecule has 2 aromatic carbocycles. The molecule has 21 heavy (non-hydrogen) atoms. The van der Waals surface area contributed by atoms with Crippen molar-refractivity contribution in [1.29, 1.82) is 0 Å². The molecule has 0 spiro atoms. The molecule has 0 saturated heterocycles. The first-order valence-electron chi connectivity index (χ1n) is 7.47. The van der Waals surface area contributed by atoms with Gasteiger partial charge in [0.05, 0.1) is 0 Å². The van der Waals surface area contributed by atoms with Gasteiger partial charge in [-0.2, -0.15) is 0 Å². The van der Waals surface area contributed by atoms with Gasteiger partial charge in [-0.1, -0.05) is 40.2 Å². The zero-order valence-corrected chi connectivity index (χ0v) is 14.1. The zero-order valence-electron chi connectivity index (χ0n) is 12.5. The largest absolute Gasteiger partial charge is 0.338 e. The fraction of sp³-hybridized carbons (Fsp3) is 0.333. The van der Waals surface area contributed by atoms with Crippen molar-refractivity contribution < 1.29 is 0 Å². The average Bonchev–Trinajstić information content (AvgIpc) is 2.76. The van der Waals surface area contributed by atoms with E-state index in [1.807, 2.05) is 0 Å². The van der Waals surface area contributed by atoms with Gasteiger partial charge >= 0.3 is 0 Å². The summed E-state index contributed by atoms with van der Waals surface area (Å²) >= 11 is 3.61. The Balaban J connectivity index is 2.09. The standard InChI is InChI=1S/C18H21BrN2/c1-12(20)9-15-7-8-16(19)11-18(15)21-13(2)10-14-5-3-4-6-17(14)21/h3-8,11-13H,9-10,20H2,1-2H3. The normalized spacial score (nSPS) is 18.7. The number of nitrogens with zero attached hydrogens (tertiary/aromatic N) is 1. The highest BCUT2D eigenvalue weighted by atomic mass is 79.9. The van der Waals surface area contributed by atoms with Gasteiger partial charge < -0.3 is 10.6 Å². The van der Waals surface area contributed by atoms with Crippen molar-refractivity contribution in [2.24, 2.45) is 5.73 Å². The first kappa shape index (κ1) is 14.6. The monoisotopic (exact) mass is 344 g/mol. The second-order valence-electron chi connectivity index (χ2n) is 6.01. The molecule has 2 aromatic rings. The van der Waals surface area contributed by atoms with Crippen LogP contribution in [-0.2, 0) is 12.8 Å². The molecular formula is C18H21BrN2. The summed E-state index contributed by atoms with van der Waals surface area (Å²) < 4.78 is 1.11. The van der Waals surface area contributed by atoms with Crippen LogP contribution in [0.15, 0.2) is 46.9 Å². The molecule has 1 heterocycles. The molecule has 0 bridgehead atoms. The highest BCUT2D eigenvalue weighted by molar-refractivity contribution is 9.10. The van der Waals surface area contributed by atoms with Crippen LogP contribution in [0.4, 0.5) is 11.4 Å². The molecule has 3 heteroatoms. The van der Waals surface area contributed by atoms with Gasteiger partial charge in [0, 0.05) is 27.9 Å². The number of hydrogen-bond acceptors (Lipinski definition) is 2. The van der Waals surface area contributed by atoms with E-state index < -0.39 is 0 Å². The van der Waals surface area contributed by atoms with Gasteiger partial charge in [-0.3, -0.25) is 0 Å². The molecule has 0 fully saturated rings. The lowest BCUT2D eigenvalue weighted by Crippen LogP contribution is -2.26. The molecule has 0 radical (unpaired) electrons. The van der Waals surface area contributed by atoms with Crippen LogP contribution in [0.3, 0.4) is 0 Å². The van der Waals surface area contributed by atoms with Gasteiger partial charge in [0.2, 0.25) is 0 Å². The molecule has 110 valence electrons. The summed E-state index contributed by atoms with van der Waals surface area (Å²) in [4.78, 5) is 2.46. The highest BCUT2D eigenvalue weighted by Crippen LogP contribution is 2.40. The number of halogens is 1. The Morgan fingerprint density at radius 3 is 2.76 bits per heavy atom. The van der Waals surface area contributed by atoms with Gasteiger partial charge in [0.25, 0.3) is 0 Å². The third-order valence-electron chi connectivity index (χ3n) is 4.06. The van der Waals surface area contributed by atoms with Crippen LogP contribution >= 0.6 is 15.9 Å². The summed E-state index contributed by atoms with van der Waals surface area (Å²) in [6, 6.07) is 15.8. The van der Waals surface area contributed by atoms with E-state index >= 15 is 0 Å². The van der Waals surface area contributed by atoms with Crippen LogP contribution in [0.1, 0.15) is 25.0 Å². The lowest BCUT2D eigenvalue weighted by Gasteiger charge is -2.28. The number of hydrogen-bond donors (Lipinski definition) is 1. The highest BCUT2D eigenvalue weighted by Gasteiger charge is 2.28. The minimum Gasteiger partial charge on any atom is -0.338 e. The summed E-state index contributed by atoms with van der Waals surface area (Å²) in [5.74, 6) is 0. The van der Waals surface area contributed by atoms with Crippen molar-refractivity contribution in [3.63, 3.8) is 0 Å². The van der Waals surface area contributed by atoms with E-state index in [1.54, 1.807) is 0 Å². The summed E-state index contributed by atoms with van der Waals surface area (Å²) in [7, 11) is 0. The van der Waals surface area contributed by atoms with Crippen molar-refractivity contribution >= 4 is 27.3 Å². The molecule has 0 aromatic heterocycles. The van der Waals surface area contributed by atoms with Gasteiger partial charge in [0.15, 0.2) is 0 Å². The Morgan fingerprint density at radius 2 is 2.00 bits per heavy atom. The maximum atomic E-state index is 6.03. The first-order chi connectivity index (χ1) is 10.1. The maximum absolute atomic E-state index is 6.03. The van der Waals surface area contributed by atoms with E-state index in [1.165, 1.54) is 22.5 Å². The topological polar surface area (TPSA) is 29.3 Å². The van der Waals surface area contributed by atoms with Crippen molar-refractivity contribution in [3.8, 4) is 0 Å². The summed E-state index contributed by atoms with van der Waals surface area (Å²) in [5, 5.41) is 0.